The van der Waals surface area contributed by atoms with Crippen molar-refractivity contribution in [2.45, 2.75) is 0 Å². The highest BCUT2D eigenvalue weighted by molar-refractivity contribution is 6.38. The number of hydrogen-bond acceptors (Lipinski definition) is 3. The number of nitrogen functional groups attached to an aromatic ring is 1. The second-order valence-electron chi connectivity index (χ2n) is 3.58. The number of benzene rings is 1. The molecule has 4 nitrogen and oxygen atoms in total. The predicted octanol–water partition coefficient (Wildman–Crippen LogP) is 3.71. The fraction of sp³-hybridized carbons (Fsp3) is 0. The molecule has 0 amide bonds. The van der Waals surface area contributed by atoms with E-state index in [1.807, 2.05) is 6.07 Å². The summed E-state index contributed by atoms with van der Waals surface area (Å²) in [5.41, 5.74) is 7.76. The first-order chi connectivity index (χ1) is 8.15. The molecule has 3 aromatic rings. The molecular weight excluding hydrogens is 261 g/mol. The van der Waals surface area contributed by atoms with Gasteiger partial charge in [-0.05, 0) is 12.1 Å². The Morgan fingerprint density at radius 1 is 1.29 bits per heavy atom. The summed E-state index contributed by atoms with van der Waals surface area (Å²) in [4.78, 5) is 7.15. The van der Waals surface area contributed by atoms with Gasteiger partial charge in [-0.3, -0.25) is 0 Å². The Kier molecular flexibility index (Phi) is 2.28. The van der Waals surface area contributed by atoms with Crippen LogP contribution in [0.1, 0.15) is 0 Å². The van der Waals surface area contributed by atoms with Crippen LogP contribution in [0.4, 0.5) is 6.01 Å². The predicted molar refractivity (Wildman–Crippen MR) is 68.2 cm³/mol. The fourth-order valence-corrected chi connectivity index (χ4v) is 2.33. The van der Waals surface area contributed by atoms with Gasteiger partial charge >= 0.3 is 0 Å². The van der Waals surface area contributed by atoms with Crippen LogP contribution in [-0.4, -0.2) is 9.97 Å². The van der Waals surface area contributed by atoms with Gasteiger partial charge in [0, 0.05) is 22.2 Å². The molecule has 0 aliphatic rings. The molecule has 0 fully saturated rings. The third-order valence-electron chi connectivity index (χ3n) is 2.50. The fourth-order valence-electron chi connectivity index (χ4n) is 1.78. The summed E-state index contributed by atoms with van der Waals surface area (Å²) in [5, 5.41) is 2.02. The Hall–Kier alpha value is -1.65. The molecule has 6 heteroatoms. The number of nitrogens with one attached hydrogen (secondary N) is 1. The highest BCUT2D eigenvalue weighted by Gasteiger charge is 2.12. The molecule has 2 heterocycles. The standard InChI is InChI=1S/C11H7Cl2N3O/c12-5-1-6-7(9-4-17-11(14)16-9)3-15-10(6)8(13)2-5/h1-4,15H,(H2,14,16). The second-order valence-corrected chi connectivity index (χ2v) is 4.43. The third kappa shape index (κ3) is 1.66. The highest BCUT2D eigenvalue weighted by atomic mass is 35.5. The van der Waals surface area contributed by atoms with Crippen LogP contribution in [0.15, 0.2) is 29.0 Å². The van der Waals surface area contributed by atoms with E-state index in [4.69, 9.17) is 33.4 Å². The summed E-state index contributed by atoms with van der Waals surface area (Å²) in [6.45, 7) is 0. The molecule has 86 valence electrons. The Morgan fingerprint density at radius 3 is 2.82 bits per heavy atom. The van der Waals surface area contributed by atoms with E-state index in [9.17, 15) is 0 Å². The van der Waals surface area contributed by atoms with Crippen LogP contribution >= 0.6 is 23.2 Å². The zero-order valence-electron chi connectivity index (χ0n) is 8.50. The average Bonchev–Trinajstić information content (AvgIpc) is 2.83. The summed E-state index contributed by atoms with van der Waals surface area (Å²) in [6, 6.07) is 3.63. The maximum Gasteiger partial charge on any atom is 0.292 e. The molecule has 0 unspecified atom stereocenters. The first-order valence-electron chi connectivity index (χ1n) is 4.82. The lowest BCUT2D eigenvalue weighted by Gasteiger charge is -1.97. The van der Waals surface area contributed by atoms with Gasteiger partial charge in [0.05, 0.1) is 10.5 Å². The number of aromatic amines is 1. The van der Waals surface area contributed by atoms with Gasteiger partial charge in [-0.2, -0.15) is 4.98 Å². The van der Waals surface area contributed by atoms with Crippen LogP contribution in [0.2, 0.25) is 10.0 Å². The van der Waals surface area contributed by atoms with Crippen LogP contribution in [0.3, 0.4) is 0 Å². The van der Waals surface area contributed by atoms with E-state index in [0.717, 1.165) is 16.5 Å². The number of aromatic nitrogens is 2. The van der Waals surface area contributed by atoms with Crippen LogP contribution < -0.4 is 5.73 Å². The van der Waals surface area contributed by atoms with E-state index in [1.165, 1.54) is 6.26 Å². The zero-order chi connectivity index (χ0) is 12.0. The topological polar surface area (TPSA) is 67.8 Å². The monoisotopic (exact) mass is 267 g/mol. The van der Waals surface area contributed by atoms with Crippen molar-refractivity contribution in [2.24, 2.45) is 0 Å². The molecule has 0 saturated heterocycles. The van der Waals surface area contributed by atoms with Gasteiger partial charge in [-0.15, -0.1) is 0 Å². The lowest BCUT2D eigenvalue weighted by Crippen LogP contribution is -1.83. The Morgan fingerprint density at radius 2 is 2.12 bits per heavy atom. The molecule has 1 aromatic carbocycles. The SMILES string of the molecule is Nc1nc(-c2c[nH]c3c(Cl)cc(Cl)cc23)co1. The number of oxazole rings is 1. The van der Waals surface area contributed by atoms with E-state index in [2.05, 4.69) is 9.97 Å². The van der Waals surface area contributed by atoms with Crippen molar-refractivity contribution in [2.75, 3.05) is 5.73 Å². The Labute approximate surface area is 106 Å². The van der Waals surface area contributed by atoms with Gasteiger partial charge in [-0.1, -0.05) is 23.2 Å². The number of anilines is 1. The van der Waals surface area contributed by atoms with Gasteiger partial charge in [0.1, 0.15) is 12.0 Å². The van der Waals surface area contributed by atoms with Crippen molar-refractivity contribution in [1.29, 1.82) is 0 Å². The number of H-pyrrole nitrogens is 1. The molecule has 17 heavy (non-hydrogen) atoms. The average molecular weight is 268 g/mol. The number of fused-ring (bicyclic) bond motifs is 1. The van der Waals surface area contributed by atoms with Crippen LogP contribution in [0.5, 0.6) is 0 Å². The normalized spacial score (nSPS) is 11.2. The first-order valence-corrected chi connectivity index (χ1v) is 5.58. The third-order valence-corrected chi connectivity index (χ3v) is 3.02. The maximum absolute atomic E-state index is 6.08. The summed E-state index contributed by atoms with van der Waals surface area (Å²) < 4.78 is 4.98. The molecule has 0 aliphatic carbocycles. The largest absolute Gasteiger partial charge is 0.432 e. The summed E-state index contributed by atoms with van der Waals surface area (Å²) >= 11 is 12.1. The molecule has 0 saturated carbocycles. The molecule has 0 atom stereocenters. The molecular formula is C11H7Cl2N3O. The van der Waals surface area contributed by atoms with Crippen molar-refractivity contribution >= 4 is 40.1 Å². The van der Waals surface area contributed by atoms with Crippen LogP contribution in [0.25, 0.3) is 22.2 Å². The molecule has 0 bridgehead atoms. The van der Waals surface area contributed by atoms with Crippen molar-refractivity contribution in [1.82, 2.24) is 9.97 Å². The number of hydrogen-bond donors (Lipinski definition) is 2. The van der Waals surface area contributed by atoms with Gasteiger partial charge < -0.3 is 15.1 Å². The van der Waals surface area contributed by atoms with Crippen molar-refractivity contribution in [3.05, 3.63) is 34.6 Å². The van der Waals surface area contributed by atoms with Gasteiger partial charge in [0.2, 0.25) is 0 Å². The number of nitrogens with zero attached hydrogens (tertiary/aromatic N) is 1. The van der Waals surface area contributed by atoms with Gasteiger partial charge in [-0.25, -0.2) is 0 Å². The molecule has 3 N–H and O–H groups in total. The van der Waals surface area contributed by atoms with Crippen molar-refractivity contribution in [3.8, 4) is 11.3 Å². The highest BCUT2D eigenvalue weighted by Crippen LogP contribution is 2.34. The van der Waals surface area contributed by atoms with Crippen molar-refractivity contribution in [3.63, 3.8) is 0 Å². The van der Waals surface area contributed by atoms with Crippen molar-refractivity contribution < 1.29 is 4.42 Å². The molecule has 2 aromatic heterocycles. The minimum Gasteiger partial charge on any atom is -0.432 e. The Bertz CT molecular complexity index is 702. The zero-order valence-corrected chi connectivity index (χ0v) is 10.0. The van der Waals surface area contributed by atoms with E-state index in [-0.39, 0.29) is 6.01 Å². The quantitative estimate of drug-likeness (QED) is 0.706. The molecule has 0 aliphatic heterocycles. The lowest BCUT2D eigenvalue weighted by molar-refractivity contribution is 0.581. The van der Waals surface area contributed by atoms with Gasteiger partial charge in [0.25, 0.3) is 6.01 Å². The Balaban J connectivity index is 2.31. The lowest BCUT2D eigenvalue weighted by atomic mass is 10.1. The number of nitrogens with two attached hydrogens (primary N) is 1. The summed E-state index contributed by atoms with van der Waals surface area (Å²) in [6.07, 6.45) is 3.29. The van der Waals surface area contributed by atoms with E-state index in [0.29, 0.717) is 15.7 Å². The summed E-state index contributed by atoms with van der Waals surface area (Å²) in [7, 11) is 0. The molecule has 0 radical (unpaired) electrons. The second kappa shape index (κ2) is 3.68. The van der Waals surface area contributed by atoms with Crippen LogP contribution in [0, 0.1) is 0 Å². The first kappa shape index (κ1) is 10.5. The van der Waals surface area contributed by atoms with Crippen LogP contribution in [-0.2, 0) is 0 Å². The van der Waals surface area contributed by atoms with E-state index in [1.54, 1.807) is 12.3 Å². The minimum atomic E-state index is 0.127. The van der Waals surface area contributed by atoms with E-state index < -0.39 is 0 Å². The van der Waals surface area contributed by atoms with E-state index >= 15 is 0 Å². The number of halogens is 2. The van der Waals surface area contributed by atoms with Gasteiger partial charge in [0.15, 0.2) is 0 Å². The molecule has 0 spiro atoms. The molecule has 3 rings (SSSR count). The smallest absolute Gasteiger partial charge is 0.292 e. The maximum atomic E-state index is 6.08. The minimum absolute atomic E-state index is 0.127. The number of rotatable bonds is 1. The summed E-state index contributed by atoms with van der Waals surface area (Å²) in [5.74, 6) is 0.